The first-order valence-electron chi connectivity index (χ1n) is 12.6. The topological polar surface area (TPSA) is 58.6 Å². The van der Waals surface area contributed by atoms with Gasteiger partial charge in [0.1, 0.15) is 11.8 Å². The Kier molecular flexibility index (Phi) is 9.54. The van der Waals surface area contributed by atoms with Gasteiger partial charge in [-0.15, -0.1) is 0 Å². The number of aryl methyl sites for hydroxylation is 1. The van der Waals surface area contributed by atoms with Crippen molar-refractivity contribution in [2.24, 2.45) is 0 Å². The zero-order valence-corrected chi connectivity index (χ0v) is 22.1. The molecule has 0 spiro atoms. The Balaban J connectivity index is 1.59. The number of hydrogen-bond acceptors (Lipinski definition) is 3. The van der Waals surface area contributed by atoms with E-state index >= 15 is 0 Å². The smallest absolute Gasteiger partial charge is 0.261 e. The number of carbonyl (C=O) groups excluding carboxylic acids is 2. The maximum atomic E-state index is 13.7. The van der Waals surface area contributed by atoms with Gasteiger partial charge in [-0.1, -0.05) is 114 Å². The molecule has 0 aliphatic rings. The molecule has 0 heterocycles. The summed E-state index contributed by atoms with van der Waals surface area (Å²) in [5, 5.41) is 3.47. The SMILES string of the molecule is Cc1ccc(CNC(=O)[C@@H](Cc2ccccc2)N(Cc2ccccc2)C(=O)COc2ccccc2Cl)cc1. The highest BCUT2D eigenvalue weighted by Crippen LogP contribution is 2.23. The second-order valence-electron chi connectivity index (χ2n) is 9.14. The first-order valence-corrected chi connectivity index (χ1v) is 13.0. The third kappa shape index (κ3) is 7.70. The lowest BCUT2D eigenvalue weighted by molar-refractivity contribution is -0.142. The second kappa shape index (κ2) is 13.5. The number of carbonyl (C=O) groups is 2. The van der Waals surface area contributed by atoms with E-state index in [1.165, 1.54) is 0 Å². The molecule has 0 aliphatic carbocycles. The number of rotatable bonds is 11. The van der Waals surface area contributed by atoms with Gasteiger partial charge in [-0.25, -0.2) is 0 Å². The minimum absolute atomic E-state index is 0.226. The van der Waals surface area contributed by atoms with Crippen LogP contribution in [0.5, 0.6) is 5.75 Å². The van der Waals surface area contributed by atoms with Crippen molar-refractivity contribution in [2.45, 2.75) is 32.5 Å². The van der Waals surface area contributed by atoms with E-state index in [0.717, 1.165) is 22.3 Å². The fourth-order valence-electron chi connectivity index (χ4n) is 4.13. The molecule has 1 N–H and O–H groups in total. The van der Waals surface area contributed by atoms with Gasteiger partial charge in [0.15, 0.2) is 6.61 Å². The van der Waals surface area contributed by atoms with E-state index in [9.17, 15) is 9.59 Å². The number of hydrogen-bond donors (Lipinski definition) is 1. The van der Waals surface area contributed by atoms with E-state index in [-0.39, 0.29) is 25.0 Å². The number of ether oxygens (including phenoxy) is 1. The van der Waals surface area contributed by atoms with Crippen molar-refractivity contribution in [3.05, 3.63) is 136 Å². The lowest BCUT2D eigenvalue weighted by Crippen LogP contribution is -2.51. The molecular formula is C32H31ClN2O3. The molecule has 4 aromatic rings. The van der Waals surface area contributed by atoms with Gasteiger partial charge in [-0.2, -0.15) is 0 Å². The Bertz CT molecular complexity index is 1330. The van der Waals surface area contributed by atoms with Crippen LogP contribution in [0.3, 0.4) is 0 Å². The van der Waals surface area contributed by atoms with Gasteiger partial charge in [0.2, 0.25) is 5.91 Å². The second-order valence-corrected chi connectivity index (χ2v) is 9.54. The van der Waals surface area contributed by atoms with Gasteiger partial charge in [0.25, 0.3) is 5.91 Å². The molecule has 0 fully saturated rings. The van der Waals surface area contributed by atoms with Crippen molar-refractivity contribution in [3.63, 3.8) is 0 Å². The molecule has 0 saturated heterocycles. The van der Waals surface area contributed by atoms with Gasteiger partial charge in [0, 0.05) is 19.5 Å². The third-order valence-electron chi connectivity index (χ3n) is 6.24. The van der Waals surface area contributed by atoms with Crippen molar-refractivity contribution in [3.8, 4) is 5.75 Å². The minimum Gasteiger partial charge on any atom is -0.482 e. The Morgan fingerprint density at radius 3 is 2.05 bits per heavy atom. The zero-order chi connectivity index (χ0) is 26.7. The van der Waals surface area contributed by atoms with Crippen LogP contribution in [0.25, 0.3) is 0 Å². The van der Waals surface area contributed by atoms with Crippen LogP contribution in [0.2, 0.25) is 5.02 Å². The predicted molar refractivity (Wildman–Crippen MR) is 151 cm³/mol. The normalized spacial score (nSPS) is 11.4. The Labute approximate surface area is 229 Å². The van der Waals surface area contributed by atoms with Crippen LogP contribution in [0.1, 0.15) is 22.3 Å². The number of nitrogens with zero attached hydrogens (tertiary/aromatic N) is 1. The van der Waals surface area contributed by atoms with E-state index in [4.69, 9.17) is 16.3 Å². The van der Waals surface area contributed by atoms with Crippen LogP contribution < -0.4 is 10.1 Å². The van der Waals surface area contributed by atoms with Gasteiger partial charge < -0.3 is 15.0 Å². The summed E-state index contributed by atoms with van der Waals surface area (Å²) in [5.74, 6) is -0.109. The van der Waals surface area contributed by atoms with Crippen molar-refractivity contribution in [1.29, 1.82) is 0 Å². The zero-order valence-electron chi connectivity index (χ0n) is 21.3. The highest BCUT2D eigenvalue weighted by Gasteiger charge is 2.30. The van der Waals surface area contributed by atoms with Crippen LogP contribution in [0.15, 0.2) is 109 Å². The Morgan fingerprint density at radius 2 is 1.39 bits per heavy atom. The van der Waals surface area contributed by atoms with E-state index < -0.39 is 6.04 Å². The third-order valence-corrected chi connectivity index (χ3v) is 6.55. The maximum absolute atomic E-state index is 13.7. The largest absolute Gasteiger partial charge is 0.482 e. The maximum Gasteiger partial charge on any atom is 0.261 e. The lowest BCUT2D eigenvalue weighted by atomic mass is 10.0. The fourth-order valence-corrected chi connectivity index (χ4v) is 4.32. The summed E-state index contributed by atoms with van der Waals surface area (Å²) in [6, 6.07) is 33.7. The average Bonchev–Trinajstić information content (AvgIpc) is 2.95. The molecule has 0 radical (unpaired) electrons. The molecule has 4 aromatic carbocycles. The minimum atomic E-state index is -0.745. The summed E-state index contributed by atoms with van der Waals surface area (Å²) < 4.78 is 5.78. The molecule has 0 unspecified atom stereocenters. The van der Waals surface area contributed by atoms with Crippen molar-refractivity contribution in [1.82, 2.24) is 10.2 Å². The van der Waals surface area contributed by atoms with E-state index in [1.807, 2.05) is 91.9 Å². The first-order chi connectivity index (χ1) is 18.5. The van der Waals surface area contributed by atoms with E-state index in [1.54, 1.807) is 29.2 Å². The molecular weight excluding hydrogens is 496 g/mol. The summed E-state index contributed by atoms with van der Waals surface area (Å²) >= 11 is 6.23. The van der Waals surface area contributed by atoms with Gasteiger partial charge in [-0.05, 0) is 35.7 Å². The summed E-state index contributed by atoms with van der Waals surface area (Å²) in [5.41, 5.74) is 4.02. The molecule has 0 aliphatic heterocycles. The summed E-state index contributed by atoms with van der Waals surface area (Å²) in [4.78, 5) is 28.9. The van der Waals surface area contributed by atoms with Gasteiger partial charge in [-0.3, -0.25) is 9.59 Å². The molecule has 1 atom stereocenters. The fraction of sp³-hybridized carbons (Fsp3) is 0.188. The molecule has 38 heavy (non-hydrogen) atoms. The number of halogens is 1. The quantitative estimate of drug-likeness (QED) is 0.261. The van der Waals surface area contributed by atoms with Crippen molar-refractivity contribution < 1.29 is 14.3 Å². The number of amides is 2. The molecule has 0 aromatic heterocycles. The number of nitrogens with one attached hydrogen (secondary N) is 1. The molecule has 2 amide bonds. The predicted octanol–water partition coefficient (Wildman–Crippen LogP) is 5.98. The van der Waals surface area contributed by atoms with Gasteiger partial charge in [0.05, 0.1) is 5.02 Å². The highest BCUT2D eigenvalue weighted by molar-refractivity contribution is 6.32. The molecule has 194 valence electrons. The lowest BCUT2D eigenvalue weighted by Gasteiger charge is -2.31. The van der Waals surface area contributed by atoms with Crippen LogP contribution >= 0.6 is 11.6 Å². The first kappa shape index (κ1) is 27.0. The standard InChI is InChI=1S/C32H31ClN2O3/c1-24-16-18-26(19-17-24)21-34-32(37)29(20-25-10-4-2-5-11-25)35(22-27-12-6-3-7-13-27)31(36)23-38-30-15-9-8-14-28(30)33/h2-19,29H,20-23H2,1H3,(H,34,37)/t29-/m1/s1. The molecule has 6 heteroatoms. The van der Waals surface area contributed by atoms with Crippen molar-refractivity contribution >= 4 is 23.4 Å². The summed E-state index contributed by atoms with van der Waals surface area (Å²) in [6.07, 6.45) is 0.366. The van der Waals surface area contributed by atoms with Crippen LogP contribution in [0, 0.1) is 6.92 Å². The van der Waals surface area contributed by atoms with Crippen molar-refractivity contribution in [2.75, 3.05) is 6.61 Å². The highest BCUT2D eigenvalue weighted by atomic mass is 35.5. The molecule has 4 rings (SSSR count). The molecule has 5 nitrogen and oxygen atoms in total. The Morgan fingerprint density at radius 1 is 0.789 bits per heavy atom. The van der Waals surface area contributed by atoms with Crippen LogP contribution in [-0.4, -0.2) is 29.4 Å². The molecule has 0 saturated carbocycles. The van der Waals surface area contributed by atoms with E-state index in [0.29, 0.717) is 23.7 Å². The van der Waals surface area contributed by atoms with Crippen LogP contribution in [-0.2, 0) is 29.1 Å². The Hall–Kier alpha value is -4.09. The monoisotopic (exact) mass is 526 g/mol. The van der Waals surface area contributed by atoms with E-state index in [2.05, 4.69) is 5.32 Å². The summed E-state index contributed by atoms with van der Waals surface area (Å²) in [7, 11) is 0. The number of para-hydroxylation sites is 1. The van der Waals surface area contributed by atoms with Crippen LogP contribution in [0.4, 0.5) is 0 Å². The van der Waals surface area contributed by atoms with Gasteiger partial charge >= 0.3 is 0 Å². The summed E-state index contributed by atoms with van der Waals surface area (Å²) in [6.45, 7) is 2.41. The number of benzene rings is 4. The molecule has 0 bridgehead atoms. The average molecular weight is 527 g/mol.